The molecular formula is C14H23BrN2OS. The Bertz CT molecular complexity index is 479. The van der Waals surface area contributed by atoms with Gasteiger partial charge in [-0.3, -0.25) is 0 Å². The van der Waals surface area contributed by atoms with Crippen molar-refractivity contribution in [2.75, 3.05) is 6.61 Å². The number of ether oxygens (including phenoxy) is 1. The van der Waals surface area contributed by atoms with Crippen molar-refractivity contribution in [1.29, 1.82) is 0 Å². The number of rotatable bonds is 5. The summed E-state index contributed by atoms with van der Waals surface area (Å²) in [4.78, 5) is 7.88. The number of hydrogen-bond acceptors (Lipinski definition) is 3. The molecule has 0 saturated heterocycles. The molecule has 108 valence electrons. The molecule has 1 rings (SSSR count). The first kappa shape index (κ1) is 16.8. The average molecular weight is 347 g/mol. The number of aromatic nitrogens is 2. The highest BCUT2D eigenvalue weighted by Gasteiger charge is 2.29. The molecule has 1 unspecified atom stereocenters. The van der Waals surface area contributed by atoms with E-state index >= 15 is 0 Å². The summed E-state index contributed by atoms with van der Waals surface area (Å²) in [5, 5.41) is 0. The zero-order chi connectivity index (χ0) is 14.6. The summed E-state index contributed by atoms with van der Waals surface area (Å²) < 4.78 is 7.37. The van der Waals surface area contributed by atoms with Crippen LogP contribution >= 0.6 is 28.1 Å². The summed E-state index contributed by atoms with van der Waals surface area (Å²) in [5.74, 6) is 0.825. The predicted octanol–water partition coefficient (Wildman–Crippen LogP) is 4.98. The van der Waals surface area contributed by atoms with E-state index in [4.69, 9.17) is 17.0 Å². The van der Waals surface area contributed by atoms with Crippen LogP contribution in [-0.4, -0.2) is 16.6 Å². The van der Waals surface area contributed by atoms with E-state index in [-0.39, 0.29) is 11.5 Å². The van der Waals surface area contributed by atoms with E-state index in [1.54, 1.807) is 0 Å². The zero-order valence-corrected chi connectivity index (χ0v) is 14.7. The van der Waals surface area contributed by atoms with E-state index in [2.05, 4.69) is 53.6 Å². The van der Waals surface area contributed by atoms with Crippen molar-refractivity contribution < 1.29 is 4.74 Å². The minimum absolute atomic E-state index is 0.0292. The predicted molar refractivity (Wildman–Crippen MR) is 84.9 cm³/mol. The van der Waals surface area contributed by atoms with Gasteiger partial charge in [0.05, 0.1) is 4.47 Å². The molecule has 1 atom stereocenters. The van der Waals surface area contributed by atoms with Crippen molar-refractivity contribution in [3.8, 4) is 0 Å². The molecule has 0 amide bonds. The van der Waals surface area contributed by atoms with Crippen LogP contribution in [0.4, 0.5) is 0 Å². The molecule has 1 N–H and O–H groups in total. The maximum Gasteiger partial charge on any atom is 0.144 e. The van der Waals surface area contributed by atoms with Crippen molar-refractivity contribution in [3.05, 3.63) is 20.6 Å². The van der Waals surface area contributed by atoms with Crippen LogP contribution in [0, 0.1) is 10.1 Å². The SMILES string of the molecule is CCCc1[nH]c(C(OCC)C(C)(C)C)nc(=S)c1Br. The lowest BCUT2D eigenvalue weighted by Gasteiger charge is -2.30. The van der Waals surface area contributed by atoms with Crippen LogP contribution < -0.4 is 0 Å². The van der Waals surface area contributed by atoms with Gasteiger partial charge in [0, 0.05) is 12.3 Å². The lowest BCUT2D eigenvalue weighted by Crippen LogP contribution is -2.24. The summed E-state index contributed by atoms with van der Waals surface area (Å²) in [7, 11) is 0. The second-order valence-corrected chi connectivity index (χ2v) is 6.85. The highest BCUT2D eigenvalue weighted by Crippen LogP contribution is 2.35. The van der Waals surface area contributed by atoms with Crippen LogP contribution in [-0.2, 0) is 11.2 Å². The van der Waals surface area contributed by atoms with Gasteiger partial charge in [-0.05, 0) is 34.7 Å². The van der Waals surface area contributed by atoms with Crippen LogP contribution in [0.15, 0.2) is 4.47 Å². The second kappa shape index (κ2) is 6.95. The molecule has 0 spiro atoms. The molecule has 0 aliphatic carbocycles. The minimum atomic E-state index is -0.0806. The summed E-state index contributed by atoms with van der Waals surface area (Å²) in [5.41, 5.74) is 1.07. The van der Waals surface area contributed by atoms with E-state index in [0.717, 1.165) is 28.8 Å². The third kappa shape index (κ3) is 4.36. The van der Waals surface area contributed by atoms with Gasteiger partial charge in [0.2, 0.25) is 0 Å². The monoisotopic (exact) mass is 346 g/mol. The number of aryl methyl sites for hydroxylation is 1. The standard InChI is InChI=1S/C14H23BrN2OS/c1-6-8-9-10(15)13(19)17-12(16-9)11(18-7-2)14(3,4)5/h11H,6-8H2,1-5H3,(H,16,17,19). The number of halogens is 1. The minimum Gasteiger partial charge on any atom is -0.370 e. The highest BCUT2D eigenvalue weighted by atomic mass is 79.9. The molecule has 0 aromatic carbocycles. The Kier molecular flexibility index (Phi) is 6.15. The van der Waals surface area contributed by atoms with E-state index in [1.807, 2.05) is 6.92 Å². The van der Waals surface area contributed by atoms with Crippen LogP contribution in [0.25, 0.3) is 0 Å². The number of H-pyrrole nitrogens is 1. The first-order valence-electron chi connectivity index (χ1n) is 6.71. The molecule has 0 aliphatic rings. The van der Waals surface area contributed by atoms with Crippen LogP contribution in [0.1, 0.15) is 58.7 Å². The van der Waals surface area contributed by atoms with Crippen molar-refractivity contribution >= 4 is 28.1 Å². The quantitative estimate of drug-likeness (QED) is 0.764. The number of hydrogen-bond donors (Lipinski definition) is 1. The van der Waals surface area contributed by atoms with Gasteiger partial charge in [0.25, 0.3) is 0 Å². The second-order valence-electron chi connectivity index (χ2n) is 5.67. The summed E-state index contributed by atoms with van der Waals surface area (Å²) in [6.45, 7) is 11.2. The molecule has 1 heterocycles. The van der Waals surface area contributed by atoms with Gasteiger partial charge < -0.3 is 9.72 Å². The van der Waals surface area contributed by atoms with Crippen LogP contribution in [0.3, 0.4) is 0 Å². The Labute approximate surface area is 129 Å². The highest BCUT2D eigenvalue weighted by molar-refractivity contribution is 9.10. The Morgan fingerprint density at radius 2 is 2.00 bits per heavy atom. The third-order valence-corrected chi connectivity index (χ3v) is 4.23. The average Bonchev–Trinajstić information content (AvgIpc) is 2.30. The van der Waals surface area contributed by atoms with Gasteiger partial charge in [-0.2, -0.15) is 0 Å². The Balaban J connectivity index is 3.28. The lowest BCUT2D eigenvalue weighted by atomic mass is 9.88. The van der Waals surface area contributed by atoms with Gasteiger partial charge in [0.15, 0.2) is 0 Å². The molecule has 0 fully saturated rings. The largest absolute Gasteiger partial charge is 0.370 e. The molecule has 5 heteroatoms. The zero-order valence-electron chi connectivity index (χ0n) is 12.3. The van der Waals surface area contributed by atoms with Gasteiger partial charge in [-0.15, -0.1) is 0 Å². The van der Waals surface area contributed by atoms with Gasteiger partial charge in [0.1, 0.15) is 16.6 Å². The number of nitrogens with one attached hydrogen (secondary N) is 1. The van der Waals surface area contributed by atoms with Crippen molar-refractivity contribution in [3.63, 3.8) is 0 Å². The van der Waals surface area contributed by atoms with Gasteiger partial charge in [-0.25, -0.2) is 4.98 Å². The molecule has 1 aromatic rings. The molecule has 1 aromatic heterocycles. The van der Waals surface area contributed by atoms with E-state index < -0.39 is 0 Å². The van der Waals surface area contributed by atoms with Crippen molar-refractivity contribution in [1.82, 2.24) is 9.97 Å². The molecule has 0 radical (unpaired) electrons. The fourth-order valence-corrected chi connectivity index (χ4v) is 2.58. The maximum atomic E-state index is 5.87. The molecule has 0 saturated carbocycles. The Hall–Kier alpha value is -0.260. The third-order valence-electron chi connectivity index (χ3n) is 2.82. The van der Waals surface area contributed by atoms with Gasteiger partial charge in [-0.1, -0.05) is 46.3 Å². The fraction of sp³-hybridized carbons (Fsp3) is 0.714. The Morgan fingerprint density at radius 1 is 1.37 bits per heavy atom. The topological polar surface area (TPSA) is 37.9 Å². The molecule has 0 aliphatic heterocycles. The summed E-state index contributed by atoms with van der Waals surface area (Å²) in [6, 6.07) is 0. The molecule has 3 nitrogen and oxygen atoms in total. The molecular weight excluding hydrogens is 324 g/mol. The summed E-state index contributed by atoms with van der Waals surface area (Å²) >= 11 is 8.85. The molecule has 19 heavy (non-hydrogen) atoms. The van der Waals surface area contributed by atoms with E-state index in [1.165, 1.54) is 0 Å². The van der Waals surface area contributed by atoms with E-state index in [9.17, 15) is 0 Å². The normalized spacial score (nSPS) is 13.6. The molecule has 0 bridgehead atoms. The maximum absolute atomic E-state index is 5.87. The first-order chi connectivity index (χ1) is 8.81. The van der Waals surface area contributed by atoms with Crippen molar-refractivity contribution in [2.45, 2.75) is 53.6 Å². The Morgan fingerprint density at radius 3 is 2.47 bits per heavy atom. The number of nitrogens with zero attached hydrogens (tertiary/aromatic N) is 1. The van der Waals surface area contributed by atoms with Crippen LogP contribution in [0.5, 0.6) is 0 Å². The van der Waals surface area contributed by atoms with E-state index in [0.29, 0.717) is 11.2 Å². The van der Waals surface area contributed by atoms with Crippen molar-refractivity contribution in [2.24, 2.45) is 5.41 Å². The number of aromatic amines is 1. The smallest absolute Gasteiger partial charge is 0.144 e. The van der Waals surface area contributed by atoms with Gasteiger partial charge >= 0.3 is 0 Å². The fourth-order valence-electron chi connectivity index (χ4n) is 1.98. The van der Waals surface area contributed by atoms with Crippen LogP contribution in [0.2, 0.25) is 0 Å². The summed E-state index contributed by atoms with van der Waals surface area (Å²) in [6.07, 6.45) is 1.92. The first-order valence-corrected chi connectivity index (χ1v) is 7.91. The lowest BCUT2D eigenvalue weighted by molar-refractivity contribution is -0.0193.